The van der Waals surface area contributed by atoms with E-state index in [4.69, 9.17) is 4.74 Å². The first kappa shape index (κ1) is 23.7. The maximum atomic E-state index is 13.6. The fraction of sp³-hybridized carbons (Fsp3) is 0.360. The number of ketones is 1. The number of hydrogen-bond donors (Lipinski definition) is 1. The van der Waals surface area contributed by atoms with Gasteiger partial charge in [-0.15, -0.1) is 11.3 Å². The number of imidazole rings is 1. The molecule has 3 heterocycles. The molecule has 0 bridgehead atoms. The summed E-state index contributed by atoms with van der Waals surface area (Å²) >= 11 is 1.27. The Hall–Kier alpha value is -3.46. The van der Waals surface area contributed by atoms with Gasteiger partial charge in [0.25, 0.3) is 5.91 Å². The van der Waals surface area contributed by atoms with E-state index >= 15 is 0 Å². The molecule has 1 aliphatic rings. The molecule has 1 N–H and O–H groups in total. The minimum Gasteiger partial charge on any atom is -0.503 e. The third kappa shape index (κ3) is 4.75. The maximum absolute atomic E-state index is 13.6. The van der Waals surface area contributed by atoms with Gasteiger partial charge in [-0.05, 0) is 44.4 Å². The zero-order valence-electron chi connectivity index (χ0n) is 19.5. The molecule has 0 saturated carbocycles. The fourth-order valence-corrected chi connectivity index (χ4v) is 5.01. The normalized spacial score (nSPS) is 15.9. The number of carbonyl (C=O) groups is 2. The number of thiazole rings is 1. The van der Waals surface area contributed by atoms with Crippen molar-refractivity contribution in [2.75, 3.05) is 13.2 Å². The molecule has 2 aromatic heterocycles. The van der Waals surface area contributed by atoms with E-state index in [0.29, 0.717) is 36.7 Å². The molecule has 0 aliphatic carbocycles. The number of rotatable bonds is 10. The molecular weight excluding hydrogens is 452 g/mol. The lowest BCUT2D eigenvalue weighted by molar-refractivity contribution is -0.129. The number of benzene rings is 1. The standard InChI is InChI=1S/C25H28N4O4S/c1-4-14-33-19-8-6-18(7-9-19)21-20(22(30)24-16(2)27-17(3)34-24)23(31)25(32)29(21)12-5-11-28-13-10-26-15-28/h6-10,13,15,21,31H,4-5,11-12,14H2,1-3H3. The number of aliphatic hydroxyl groups is 1. The topological polar surface area (TPSA) is 97.5 Å². The van der Waals surface area contributed by atoms with Gasteiger partial charge in [0.2, 0.25) is 5.78 Å². The Morgan fingerprint density at radius 3 is 2.59 bits per heavy atom. The Bertz CT molecular complexity index is 1200. The molecule has 178 valence electrons. The van der Waals surface area contributed by atoms with Crippen molar-refractivity contribution >= 4 is 23.0 Å². The molecule has 1 aromatic carbocycles. The van der Waals surface area contributed by atoms with Crippen molar-refractivity contribution in [3.63, 3.8) is 0 Å². The predicted molar refractivity (Wildman–Crippen MR) is 129 cm³/mol. The van der Waals surface area contributed by atoms with E-state index < -0.39 is 17.7 Å². The summed E-state index contributed by atoms with van der Waals surface area (Å²) < 4.78 is 7.61. The predicted octanol–water partition coefficient (Wildman–Crippen LogP) is 4.41. The lowest BCUT2D eigenvalue weighted by atomic mass is 9.95. The second kappa shape index (κ2) is 10.2. The molecule has 1 amide bonds. The lowest BCUT2D eigenvalue weighted by Gasteiger charge is -2.27. The van der Waals surface area contributed by atoms with E-state index in [0.717, 1.165) is 22.7 Å². The Labute approximate surface area is 202 Å². The van der Waals surface area contributed by atoms with E-state index in [9.17, 15) is 14.7 Å². The monoisotopic (exact) mass is 480 g/mol. The van der Waals surface area contributed by atoms with Gasteiger partial charge in [0.15, 0.2) is 5.76 Å². The van der Waals surface area contributed by atoms with Gasteiger partial charge < -0.3 is 19.3 Å². The maximum Gasteiger partial charge on any atom is 0.290 e. The zero-order chi connectivity index (χ0) is 24.2. The Morgan fingerprint density at radius 2 is 1.97 bits per heavy atom. The molecule has 0 radical (unpaired) electrons. The summed E-state index contributed by atoms with van der Waals surface area (Å²) in [5.41, 5.74) is 1.44. The second-order valence-corrected chi connectivity index (χ2v) is 9.41. The number of hydrogen-bond acceptors (Lipinski definition) is 7. The van der Waals surface area contributed by atoms with Crippen molar-refractivity contribution < 1.29 is 19.4 Å². The van der Waals surface area contributed by atoms with Gasteiger partial charge in [-0.1, -0.05) is 19.1 Å². The van der Waals surface area contributed by atoms with E-state index in [1.807, 2.05) is 48.9 Å². The number of nitrogens with zero attached hydrogens (tertiary/aromatic N) is 4. The van der Waals surface area contributed by atoms with Gasteiger partial charge in [0.05, 0.1) is 40.1 Å². The van der Waals surface area contributed by atoms with Crippen LogP contribution in [0.2, 0.25) is 0 Å². The van der Waals surface area contributed by atoms with Crippen LogP contribution in [-0.4, -0.2) is 49.4 Å². The van der Waals surface area contributed by atoms with Crippen LogP contribution < -0.4 is 4.74 Å². The Morgan fingerprint density at radius 1 is 1.21 bits per heavy atom. The van der Waals surface area contributed by atoms with Crippen molar-refractivity contribution in [1.82, 2.24) is 19.4 Å². The zero-order valence-corrected chi connectivity index (χ0v) is 20.3. The smallest absolute Gasteiger partial charge is 0.290 e. The molecule has 8 nitrogen and oxygen atoms in total. The van der Waals surface area contributed by atoms with Crippen molar-refractivity contribution in [1.29, 1.82) is 0 Å². The van der Waals surface area contributed by atoms with Crippen molar-refractivity contribution in [3.8, 4) is 5.75 Å². The highest BCUT2D eigenvalue weighted by Gasteiger charge is 2.44. The molecule has 34 heavy (non-hydrogen) atoms. The second-order valence-electron chi connectivity index (χ2n) is 8.21. The van der Waals surface area contributed by atoms with Gasteiger partial charge in [0.1, 0.15) is 5.75 Å². The van der Waals surface area contributed by atoms with Crippen molar-refractivity contribution in [2.45, 2.75) is 46.2 Å². The number of aryl methyl sites for hydroxylation is 3. The van der Waals surface area contributed by atoms with Gasteiger partial charge in [-0.2, -0.15) is 0 Å². The van der Waals surface area contributed by atoms with Crippen LogP contribution >= 0.6 is 11.3 Å². The third-order valence-corrected chi connectivity index (χ3v) is 6.77. The largest absolute Gasteiger partial charge is 0.503 e. The van der Waals surface area contributed by atoms with Gasteiger partial charge in [0, 0.05) is 25.5 Å². The summed E-state index contributed by atoms with van der Waals surface area (Å²) in [4.78, 5) is 37.1. The summed E-state index contributed by atoms with van der Waals surface area (Å²) in [6.45, 7) is 7.28. The van der Waals surface area contributed by atoms with Gasteiger partial charge >= 0.3 is 0 Å². The van der Waals surface area contributed by atoms with Crippen molar-refractivity contribution in [2.24, 2.45) is 0 Å². The fourth-order valence-electron chi connectivity index (χ4n) is 4.14. The average Bonchev–Trinajstić information content (AvgIpc) is 3.52. The molecule has 1 atom stereocenters. The Kier molecular flexibility index (Phi) is 7.12. The van der Waals surface area contributed by atoms with Crippen LogP contribution in [0, 0.1) is 13.8 Å². The quantitative estimate of drug-likeness (QED) is 0.432. The molecule has 0 fully saturated rings. The molecule has 3 aromatic rings. The summed E-state index contributed by atoms with van der Waals surface area (Å²) in [7, 11) is 0. The number of aromatic nitrogens is 3. The molecule has 0 saturated heterocycles. The minimum absolute atomic E-state index is 0.0987. The summed E-state index contributed by atoms with van der Waals surface area (Å²) in [5, 5.41) is 11.6. The first-order valence-corrected chi connectivity index (χ1v) is 12.1. The number of aliphatic hydroxyl groups excluding tert-OH is 1. The number of amides is 1. The molecule has 1 aliphatic heterocycles. The minimum atomic E-state index is -0.690. The highest BCUT2D eigenvalue weighted by atomic mass is 32.1. The van der Waals surface area contributed by atoms with E-state index in [1.54, 1.807) is 24.3 Å². The van der Waals surface area contributed by atoms with Crippen LogP contribution in [0.4, 0.5) is 0 Å². The average molecular weight is 481 g/mol. The molecule has 9 heteroatoms. The van der Waals surface area contributed by atoms with Crippen LogP contribution in [0.15, 0.2) is 54.3 Å². The van der Waals surface area contributed by atoms with Crippen LogP contribution in [0.25, 0.3) is 0 Å². The molecule has 1 unspecified atom stereocenters. The summed E-state index contributed by atoms with van der Waals surface area (Å²) in [6, 6.07) is 6.67. The van der Waals surface area contributed by atoms with Crippen molar-refractivity contribution in [3.05, 3.63) is 75.5 Å². The highest BCUT2D eigenvalue weighted by molar-refractivity contribution is 7.14. The molecule has 4 rings (SSSR count). The number of ether oxygens (including phenoxy) is 1. The number of carbonyl (C=O) groups excluding carboxylic acids is 2. The first-order chi connectivity index (χ1) is 16.4. The SMILES string of the molecule is CCCOc1ccc(C2C(C(=O)c3sc(C)nc3C)=C(O)C(=O)N2CCCn2ccnc2)cc1. The van der Waals surface area contributed by atoms with E-state index in [1.165, 1.54) is 11.3 Å². The molecular formula is C25H28N4O4S. The van der Waals surface area contributed by atoms with E-state index in [-0.39, 0.29) is 11.4 Å². The lowest BCUT2D eigenvalue weighted by Crippen LogP contribution is -2.32. The molecule has 0 spiro atoms. The third-order valence-electron chi connectivity index (χ3n) is 5.70. The van der Waals surface area contributed by atoms with Gasteiger partial charge in [-0.25, -0.2) is 9.97 Å². The highest BCUT2D eigenvalue weighted by Crippen LogP contribution is 2.40. The Balaban J connectivity index is 1.66. The summed E-state index contributed by atoms with van der Waals surface area (Å²) in [5.74, 6) is -0.669. The van der Waals surface area contributed by atoms with Gasteiger partial charge in [-0.3, -0.25) is 9.59 Å². The number of Topliss-reactive ketones (excluding diaryl/α,β-unsaturated/α-hetero) is 1. The van der Waals surface area contributed by atoms with Crippen LogP contribution in [-0.2, 0) is 11.3 Å². The van der Waals surface area contributed by atoms with Crippen LogP contribution in [0.3, 0.4) is 0 Å². The van der Waals surface area contributed by atoms with Crippen LogP contribution in [0.1, 0.15) is 51.7 Å². The van der Waals surface area contributed by atoms with Crippen LogP contribution in [0.5, 0.6) is 5.75 Å². The summed E-state index contributed by atoms with van der Waals surface area (Å²) in [6.07, 6.45) is 6.82. The van der Waals surface area contributed by atoms with E-state index in [2.05, 4.69) is 9.97 Å². The first-order valence-electron chi connectivity index (χ1n) is 11.3.